The Bertz CT molecular complexity index is 510. The summed E-state index contributed by atoms with van der Waals surface area (Å²) in [7, 11) is 3.25. The van der Waals surface area contributed by atoms with Crippen molar-refractivity contribution in [3.05, 3.63) is 23.8 Å². The molecular formula is C16H24N2O3. The second-order valence-electron chi connectivity index (χ2n) is 5.79. The summed E-state index contributed by atoms with van der Waals surface area (Å²) in [5.41, 5.74) is 0.583. The van der Waals surface area contributed by atoms with Gasteiger partial charge in [-0.15, -0.1) is 0 Å². The van der Waals surface area contributed by atoms with Crippen LogP contribution in [0.1, 0.15) is 31.9 Å². The number of nitrogens with one attached hydrogen (secondary N) is 2. The van der Waals surface area contributed by atoms with Crippen LogP contribution in [0.3, 0.4) is 0 Å². The third-order valence-electron chi connectivity index (χ3n) is 4.17. The summed E-state index contributed by atoms with van der Waals surface area (Å²) < 4.78 is 10.6. The van der Waals surface area contributed by atoms with E-state index in [0.717, 1.165) is 36.6 Å². The monoisotopic (exact) mass is 292 g/mol. The zero-order valence-corrected chi connectivity index (χ0v) is 13.2. The summed E-state index contributed by atoms with van der Waals surface area (Å²) in [6.45, 7) is 5.57. The van der Waals surface area contributed by atoms with Crippen molar-refractivity contribution in [1.29, 1.82) is 0 Å². The van der Waals surface area contributed by atoms with E-state index in [0.29, 0.717) is 0 Å². The van der Waals surface area contributed by atoms with Gasteiger partial charge in [-0.3, -0.25) is 4.79 Å². The van der Waals surface area contributed by atoms with Crippen LogP contribution in [0.25, 0.3) is 0 Å². The van der Waals surface area contributed by atoms with Gasteiger partial charge in [-0.2, -0.15) is 0 Å². The van der Waals surface area contributed by atoms with Crippen LogP contribution in [-0.4, -0.2) is 33.2 Å². The third kappa shape index (κ3) is 3.29. The number of methoxy groups -OCH3 is 2. The molecule has 5 nitrogen and oxygen atoms in total. The Labute approximate surface area is 126 Å². The summed E-state index contributed by atoms with van der Waals surface area (Å²) in [4.78, 5) is 12.5. The number of amides is 1. The van der Waals surface area contributed by atoms with E-state index in [1.807, 2.05) is 32.0 Å². The van der Waals surface area contributed by atoms with Gasteiger partial charge in [0.05, 0.1) is 25.7 Å². The highest BCUT2D eigenvalue weighted by molar-refractivity contribution is 5.83. The van der Waals surface area contributed by atoms with E-state index >= 15 is 0 Å². The zero-order valence-electron chi connectivity index (χ0n) is 13.2. The molecule has 116 valence electrons. The summed E-state index contributed by atoms with van der Waals surface area (Å²) in [5, 5.41) is 6.33. The van der Waals surface area contributed by atoms with E-state index in [1.165, 1.54) is 0 Å². The first kappa shape index (κ1) is 15.6. The van der Waals surface area contributed by atoms with Crippen LogP contribution in [-0.2, 0) is 4.79 Å². The van der Waals surface area contributed by atoms with Crippen LogP contribution < -0.4 is 20.1 Å². The SMILES string of the molecule is COc1ccc(OC)c(C(C)NC(=O)C2(C)CCNC2)c1. The van der Waals surface area contributed by atoms with Gasteiger partial charge in [0, 0.05) is 12.1 Å². The van der Waals surface area contributed by atoms with E-state index in [2.05, 4.69) is 10.6 Å². The molecular weight excluding hydrogens is 268 g/mol. The first-order chi connectivity index (χ1) is 10.00. The largest absolute Gasteiger partial charge is 0.497 e. The van der Waals surface area contributed by atoms with Gasteiger partial charge in [0.1, 0.15) is 11.5 Å². The Hall–Kier alpha value is -1.75. The van der Waals surface area contributed by atoms with Crippen molar-refractivity contribution in [2.45, 2.75) is 26.3 Å². The number of carbonyl (C=O) groups is 1. The van der Waals surface area contributed by atoms with E-state index in [-0.39, 0.29) is 17.4 Å². The highest BCUT2D eigenvalue weighted by Gasteiger charge is 2.37. The Morgan fingerprint density at radius 1 is 1.38 bits per heavy atom. The van der Waals surface area contributed by atoms with Crippen LogP contribution in [0.4, 0.5) is 0 Å². The van der Waals surface area contributed by atoms with Gasteiger partial charge in [-0.05, 0) is 45.0 Å². The number of hydrogen-bond donors (Lipinski definition) is 2. The zero-order chi connectivity index (χ0) is 15.5. The van der Waals surface area contributed by atoms with Crippen molar-refractivity contribution >= 4 is 5.91 Å². The van der Waals surface area contributed by atoms with Crippen LogP contribution in [0.15, 0.2) is 18.2 Å². The molecule has 0 bridgehead atoms. The predicted molar refractivity (Wildman–Crippen MR) is 81.7 cm³/mol. The van der Waals surface area contributed by atoms with Gasteiger partial charge in [0.15, 0.2) is 0 Å². The maximum Gasteiger partial charge on any atom is 0.227 e. The van der Waals surface area contributed by atoms with Crippen LogP contribution in [0.5, 0.6) is 11.5 Å². The fourth-order valence-corrected chi connectivity index (χ4v) is 2.64. The minimum Gasteiger partial charge on any atom is -0.497 e. The molecule has 21 heavy (non-hydrogen) atoms. The van der Waals surface area contributed by atoms with Crippen molar-refractivity contribution in [3.8, 4) is 11.5 Å². The maximum atomic E-state index is 12.5. The molecule has 2 unspecified atom stereocenters. The molecule has 1 aliphatic rings. The molecule has 2 atom stereocenters. The van der Waals surface area contributed by atoms with E-state index in [9.17, 15) is 4.79 Å². The summed E-state index contributed by atoms with van der Waals surface area (Å²) >= 11 is 0. The molecule has 1 amide bonds. The molecule has 0 aliphatic carbocycles. The molecule has 0 aromatic heterocycles. The van der Waals surface area contributed by atoms with E-state index in [4.69, 9.17) is 9.47 Å². The highest BCUT2D eigenvalue weighted by Crippen LogP contribution is 2.31. The van der Waals surface area contributed by atoms with Gasteiger partial charge in [-0.25, -0.2) is 0 Å². The molecule has 1 aromatic carbocycles. The number of hydrogen-bond acceptors (Lipinski definition) is 4. The van der Waals surface area contributed by atoms with Crippen LogP contribution in [0, 0.1) is 5.41 Å². The Kier molecular flexibility index (Phi) is 4.73. The fraction of sp³-hybridized carbons (Fsp3) is 0.562. The van der Waals surface area contributed by atoms with Gasteiger partial charge in [0.25, 0.3) is 0 Å². The summed E-state index contributed by atoms with van der Waals surface area (Å²) in [6.07, 6.45) is 0.862. The quantitative estimate of drug-likeness (QED) is 0.870. The normalized spacial score (nSPS) is 22.7. The number of benzene rings is 1. The van der Waals surface area contributed by atoms with Gasteiger partial charge < -0.3 is 20.1 Å². The fourth-order valence-electron chi connectivity index (χ4n) is 2.64. The number of rotatable bonds is 5. The lowest BCUT2D eigenvalue weighted by Crippen LogP contribution is -2.41. The molecule has 0 spiro atoms. The predicted octanol–water partition coefficient (Wildman–Crippen LogP) is 1.88. The average Bonchev–Trinajstić information content (AvgIpc) is 2.94. The molecule has 1 heterocycles. The molecule has 5 heteroatoms. The molecule has 2 N–H and O–H groups in total. The Balaban J connectivity index is 2.15. The van der Waals surface area contributed by atoms with Gasteiger partial charge >= 0.3 is 0 Å². The van der Waals surface area contributed by atoms with Crippen molar-refractivity contribution in [2.75, 3.05) is 27.3 Å². The topological polar surface area (TPSA) is 59.6 Å². The Morgan fingerprint density at radius 2 is 2.14 bits per heavy atom. The summed E-state index contributed by atoms with van der Waals surface area (Å²) in [5.74, 6) is 1.57. The first-order valence-electron chi connectivity index (χ1n) is 7.24. The first-order valence-corrected chi connectivity index (χ1v) is 7.24. The molecule has 1 aliphatic heterocycles. The van der Waals surface area contributed by atoms with Crippen LogP contribution in [0.2, 0.25) is 0 Å². The minimum absolute atomic E-state index is 0.0740. The van der Waals surface area contributed by atoms with E-state index < -0.39 is 0 Å². The van der Waals surface area contributed by atoms with E-state index in [1.54, 1.807) is 14.2 Å². The average molecular weight is 292 g/mol. The van der Waals surface area contributed by atoms with Crippen molar-refractivity contribution < 1.29 is 14.3 Å². The second kappa shape index (κ2) is 6.35. The smallest absolute Gasteiger partial charge is 0.227 e. The third-order valence-corrected chi connectivity index (χ3v) is 4.17. The van der Waals surface area contributed by atoms with Crippen LogP contribution >= 0.6 is 0 Å². The molecule has 2 rings (SSSR count). The second-order valence-corrected chi connectivity index (χ2v) is 5.79. The minimum atomic E-state index is -0.333. The molecule has 1 fully saturated rings. The number of ether oxygens (including phenoxy) is 2. The maximum absolute atomic E-state index is 12.5. The lowest BCUT2D eigenvalue weighted by atomic mass is 9.88. The van der Waals surface area contributed by atoms with Gasteiger partial charge in [0.2, 0.25) is 5.91 Å². The highest BCUT2D eigenvalue weighted by atomic mass is 16.5. The molecule has 0 radical (unpaired) electrons. The lowest BCUT2D eigenvalue weighted by molar-refractivity contribution is -0.129. The molecule has 1 saturated heterocycles. The van der Waals surface area contributed by atoms with Gasteiger partial charge in [-0.1, -0.05) is 0 Å². The standard InChI is InChI=1S/C16H24N2O3/c1-11(18-15(19)16(2)7-8-17-10-16)13-9-12(20-3)5-6-14(13)21-4/h5-6,9,11,17H,7-8,10H2,1-4H3,(H,18,19). The molecule has 0 saturated carbocycles. The van der Waals surface area contributed by atoms with Crippen molar-refractivity contribution in [3.63, 3.8) is 0 Å². The van der Waals surface area contributed by atoms with Crippen molar-refractivity contribution in [1.82, 2.24) is 10.6 Å². The number of carbonyl (C=O) groups excluding carboxylic acids is 1. The van der Waals surface area contributed by atoms with Crippen molar-refractivity contribution in [2.24, 2.45) is 5.41 Å². The lowest BCUT2D eigenvalue weighted by Gasteiger charge is -2.25. The Morgan fingerprint density at radius 3 is 2.71 bits per heavy atom. The molecule has 1 aromatic rings. The summed E-state index contributed by atoms with van der Waals surface area (Å²) in [6, 6.07) is 5.47.